The summed E-state index contributed by atoms with van der Waals surface area (Å²) in [4.78, 5) is 0. The molecule has 2 heterocycles. The second-order valence-corrected chi connectivity index (χ2v) is 8.45. The molecule has 5 aromatic rings. The van der Waals surface area contributed by atoms with E-state index in [1.165, 1.54) is 22.7 Å². The van der Waals surface area contributed by atoms with Gasteiger partial charge in [0.1, 0.15) is 31.5 Å². The molecule has 5 rings (SSSR count). The molecule has 3 aromatic carbocycles. The molecule has 0 radical (unpaired) electrons. The molecule has 0 saturated carbocycles. The predicted octanol–water partition coefficient (Wildman–Crippen LogP) is 5.47. The Morgan fingerprint density at radius 1 is 0.400 bits per heavy atom. The zero-order valence-corrected chi connectivity index (χ0v) is 17.1. The highest BCUT2D eigenvalue weighted by atomic mass is 32.1. The fraction of sp³-hybridized carbons (Fsp3) is 0. The second-order valence-electron chi connectivity index (χ2n) is 6.50. The van der Waals surface area contributed by atoms with E-state index in [2.05, 4.69) is 20.4 Å². The molecule has 0 aliphatic rings. The molecule has 0 aliphatic heterocycles. The lowest BCUT2D eigenvalue weighted by Crippen LogP contribution is -1.80. The van der Waals surface area contributed by atoms with Crippen LogP contribution >= 0.6 is 22.7 Å². The van der Waals surface area contributed by atoms with Crippen LogP contribution in [-0.4, -0.2) is 30.6 Å². The highest BCUT2D eigenvalue weighted by molar-refractivity contribution is 7.18. The van der Waals surface area contributed by atoms with Crippen LogP contribution < -0.4 is 0 Å². The second kappa shape index (κ2) is 7.66. The van der Waals surface area contributed by atoms with Gasteiger partial charge in [-0.25, -0.2) is 0 Å². The van der Waals surface area contributed by atoms with Gasteiger partial charge in [0.15, 0.2) is 0 Å². The predicted molar refractivity (Wildman–Crippen MR) is 118 cm³/mol. The maximum Gasteiger partial charge on any atom is 0.148 e. The Bertz CT molecular complexity index is 1190. The zero-order valence-electron chi connectivity index (χ0n) is 15.4. The molecule has 30 heavy (non-hydrogen) atoms. The molecular weight excluding hydrogens is 416 g/mol. The summed E-state index contributed by atoms with van der Waals surface area (Å²) in [5.41, 5.74) is 3.79. The highest BCUT2D eigenvalue weighted by Gasteiger charge is 2.11. The van der Waals surface area contributed by atoms with Gasteiger partial charge in [-0.2, -0.15) is 0 Å². The van der Waals surface area contributed by atoms with Gasteiger partial charge in [0.05, 0.1) is 0 Å². The summed E-state index contributed by atoms with van der Waals surface area (Å²) < 4.78 is 0. The van der Waals surface area contributed by atoms with E-state index in [1.54, 1.807) is 24.3 Å². The Morgan fingerprint density at radius 2 is 0.633 bits per heavy atom. The lowest BCUT2D eigenvalue weighted by Gasteiger charge is -1.98. The first-order chi connectivity index (χ1) is 14.7. The van der Waals surface area contributed by atoms with Crippen molar-refractivity contribution in [2.45, 2.75) is 0 Å². The standard InChI is InChI=1S/C22H14N4O2S2/c27-17-9-5-15(6-10-17)21-25-23-19(29-21)13-1-2-14(4-3-13)20-24-26-22(30-20)16-7-11-18(28)12-8-16/h1-12,27-28H. The average Bonchev–Trinajstić information content (AvgIpc) is 3.45. The summed E-state index contributed by atoms with van der Waals surface area (Å²) >= 11 is 3.00. The lowest BCUT2D eigenvalue weighted by molar-refractivity contribution is 0.475. The normalized spacial score (nSPS) is 10.9. The Balaban J connectivity index is 1.37. The lowest BCUT2D eigenvalue weighted by atomic mass is 10.1. The third kappa shape index (κ3) is 3.66. The number of hydrogen-bond donors (Lipinski definition) is 2. The van der Waals surface area contributed by atoms with Crippen LogP contribution in [-0.2, 0) is 0 Å². The summed E-state index contributed by atoms with van der Waals surface area (Å²) in [5, 5.41) is 39.2. The number of phenolic OH excluding ortho intramolecular Hbond substituents is 2. The van der Waals surface area contributed by atoms with Crippen molar-refractivity contribution in [1.29, 1.82) is 0 Å². The van der Waals surface area contributed by atoms with Crippen LogP contribution in [0.4, 0.5) is 0 Å². The molecular formula is C22H14N4O2S2. The summed E-state index contributed by atoms with van der Waals surface area (Å²) in [7, 11) is 0. The van der Waals surface area contributed by atoms with Gasteiger partial charge in [-0.15, -0.1) is 20.4 Å². The van der Waals surface area contributed by atoms with Crippen molar-refractivity contribution in [3.05, 3.63) is 72.8 Å². The van der Waals surface area contributed by atoms with Gasteiger partial charge in [-0.1, -0.05) is 46.9 Å². The summed E-state index contributed by atoms with van der Waals surface area (Å²) in [5.74, 6) is 0.452. The first-order valence-corrected chi connectivity index (χ1v) is 10.7. The largest absolute Gasteiger partial charge is 0.508 e. The Labute approximate surface area is 179 Å². The summed E-state index contributed by atoms with van der Waals surface area (Å²) in [6, 6.07) is 21.8. The molecule has 0 fully saturated rings. The van der Waals surface area contributed by atoms with E-state index in [4.69, 9.17) is 0 Å². The van der Waals surface area contributed by atoms with E-state index in [0.717, 1.165) is 42.3 Å². The molecule has 0 bridgehead atoms. The van der Waals surface area contributed by atoms with Crippen molar-refractivity contribution in [1.82, 2.24) is 20.4 Å². The van der Waals surface area contributed by atoms with Crippen LogP contribution in [0.1, 0.15) is 0 Å². The fourth-order valence-electron chi connectivity index (χ4n) is 2.88. The van der Waals surface area contributed by atoms with Crippen molar-refractivity contribution in [2.24, 2.45) is 0 Å². The van der Waals surface area contributed by atoms with Crippen molar-refractivity contribution in [3.63, 3.8) is 0 Å². The molecule has 2 N–H and O–H groups in total. The molecule has 0 atom stereocenters. The summed E-state index contributed by atoms with van der Waals surface area (Å²) in [6.07, 6.45) is 0. The van der Waals surface area contributed by atoms with Crippen LogP contribution in [0.2, 0.25) is 0 Å². The SMILES string of the molecule is Oc1ccc(-c2nnc(-c3ccc(-c4nnc(-c5ccc(O)cc5)s4)cc3)s2)cc1. The van der Waals surface area contributed by atoms with Gasteiger partial charge in [-0.05, 0) is 48.5 Å². The van der Waals surface area contributed by atoms with E-state index in [9.17, 15) is 10.2 Å². The van der Waals surface area contributed by atoms with Gasteiger partial charge >= 0.3 is 0 Å². The number of aromatic nitrogens is 4. The maximum absolute atomic E-state index is 9.43. The monoisotopic (exact) mass is 430 g/mol. The van der Waals surface area contributed by atoms with Gasteiger partial charge in [0.25, 0.3) is 0 Å². The quantitative estimate of drug-likeness (QED) is 0.393. The van der Waals surface area contributed by atoms with Crippen LogP contribution in [0.25, 0.3) is 42.3 Å². The van der Waals surface area contributed by atoms with Gasteiger partial charge < -0.3 is 10.2 Å². The third-order valence-electron chi connectivity index (χ3n) is 4.46. The molecule has 0 aliphatic carbocycles. The van der Waals surface area contributed by atoms with Crippen LogP contribution in [0.3, 0.4) is 0 Å². The molecule has 2 aromatic heterocycles. The maximum atomic E-state index is 9.43. The third-order valence-corrected chi connectivity index (χ3v) is 6.50. The molecule has 6 nitrogen and oxygen atoms in total. The minimum absolute atomic E-state index is 0.226. The molecule has 146 valence electrons. The van der Waals surface area contributed by atoms with E-state index in [1.807, 2.05) is 48.5 Å². The molecule has 8 heteroatoms. The van der Waals surface area contributed by atoms with Crippen LogP contribution in [0.15, 0.2) is 72.8 Å². The van der Waals surface area contributed by atoms with Gasteiger partial charge in [-0.3, -0.25) is 0 Å². The number of nitrogens with zero attached hydrogens (tertiary/aromatic N) is 4. The minimum Gasteiger partial charge on any atom is -0.508 e. The first-order valence-electron chi connectivity index (χ1n) is 9.02. The first kappa shape index (κ1) is 18.4. The Hall–Kier alpha value is -3.62. The van der Waals surface area contributed by atoms with E-state index in [0.29, 0.717) is 0 Å². The number of rotatable bonds is 4. The Kier molecular flexibility index (Phi) is 4.70. The van der Waals surface area contributed by atoms with Crippen LogP contribution in [0, 0.1) is 0 Å². The molecule has 0 spiro atoms. The fourth-order valence-corrected chi connectivity index (χ4v) is 4.59. The van der Waals surface area contributed by atoms with E-state index in [-0.39, 0.29) is 11.5 Å². The highest BCUT2D eigenvalue weighted by Crippen LogP contribution is 2.34. The summed E-state index contributed by atoms with van der Waals surface area (Å²) in [6.45, 7) is 0. The number of hydrogen-bond acceptors (Lipinski definition) is 8. The molecule has 0 amide bonds. The Morgan fingerprint density at radius 3 is 0.900 bits per heavy atom. The molecule has 0 unspecified atom stereocenters. The topological polar surface area (TPSA) is 92.0 Å². The van der Waals surface area contributed by atoms with E-state index >= 15 is 0 Å². The van der Waals surface area contributed by atoms with Crippen molar-refractivity contribution in [3.8, 4) is 53.8 Å². The van der Waals surface area contributed by atoms with Crippen molar-refractivity contribution in [2.75, 3.05) is 0 Å². The minimum atomic E-state index is 0.226. The van der Waals surface area contributed by atoms with Crippen molar-refractivity contribution < 1.29 is 10.2 Å². The number of aromatic hydroxyl groups is 2. The van der Waals surface area contributed by atoms with E-state index < -0.39 is 0 Å². The number of phenols is 2. The average molecular weight is 431 g/mol. The smallest absolute Gasteiger partial charge is 0.148 e. The van der Waals surface area contributed by atoms with Crippen molar-refractivity contribution >= 4 is 22.7 Å². The number of benzene rings is 3. The van der Waals surface area contributed by atoms with Gasteiger partial charge in [0, 0.05) is 22.3 Å². The van der Waals surface area contributed by atoms with Gasteiger partial charge in [0.2, 0.25) is 0 Å². The van der Waals surface area contributed by atoms with Crippen LogP contribution in [0.5, 0.6) is 11.5 Å². The zero-order chi connectivity index (χ0) is 20.5. The molecule has 0 saturated heterocycles.